The van der Waals surface area contributed by atoms with Gasteiger partial charge in [-0.15, -0.1) is 11.8 Å². The summed E-state index contributed by atoms with van der Waals surface area (Å²) in [7, 11) is 1.93. The average molecular weight is 605 g/mol. The van der Waals surface area contributed by atoms with Crippen LogP contribution >= 0.6 is 11.8 Å². The van der Waals surface area contributed by atoms with Gasteiger partial charge in [0.2, 0.25) is 11.6 Å². The Morgan fingerprint density at radius 2 is 1.74 bits per heavy atom. The summed E-state index contributed by atoms with van der Waals surface area (Å²) in [4.78, 5) is 16.7. The molecule has 0 saturated carbocycles. The van der Waals surface area contributed by atoms with Crippen LogP contribution in [0.1, 0.15) is 22.9 Å². The molecule has 2 N–H and O–H groups in total. The third kappa shape index (κ3) is 7.03. The first-order valence-electron chi connectivity index (χ1n) is 13.2. The third-order valence-electron chi connectivity index (χ3n) is 6.50. The molecular weight excluding hydrogens is 578 g/mol. The minimum Gasteiger partial charge on any atom is -0.485 e. The molecule has 43 heavy (non-hydrogen) atoms. The first kappa shape index (κ1) is 29.8. The van der Waals surface area contributed by atoms with Crippen LogP contribution in [0.15, 0.2) is 77.7 Å². The van der Waals surface area contributed by atoms with Crippen molar-refractivity contribution >= 4 is 17.7 Å². The number of pyridine rings is 1. The Kier molecular flexibility index (Phi) is 9.36. The second kappa shape index (κ2) is 13.5. The molecule has 1 fully saturated rings. The molecule has 1 aliphatic rings. The molecule has 1 saturated heterocycles. The number of rotatable bonds is 11. The molecule has 0 radical (unpaired) electrons. The topological polar surface area (TPSA) is 117 Å². The molecule has 1 aromatic heterocycles. The van der Waals surface area contributed by atoms with Crippen molar-refractivity contribution < 1.29 is 32.9 Å². The summed E-state index contributed by atoms with van der Waals surface area (Å²) >= 11 is 0.427. The van der Waals surface area contributed by atoms with E-state index in [0.29, 0.717) is 17.3 Å². The molecule has 1 unspecified atom stereocenters. The summed E-state index contributed by atoms with van der Waals surface area (Å²) in [5.41, 5.74) is 1.75. The zero-order valence-electron chi connectivity index (χ0n) is 22.9. The Hall–Kier alpha value is -4.70. The smallest absolute Gasteiger partial charge is 0.313 e. The number of hydrogen-bond acceptors (Lipinski definition) is 9. The minimum atomic E-state index is -1.27. The van der Waals surface area contributed by atoms with Gasteiger partial charge in [-0.3, -0.25) is 15.0 Å². The van der Waals surface area contributed by atoms with Gasteiger partial charge in [-0.1, -0.05) is 48.5 Å². The summed E-state index contributed by atoms with van der Waals surface area (Å²) < 4.78 is 49.0. The van der Waals surface area contributed by atoms with Gasteiger partial charge in [-0.25, -0.2) is 0 Å². The first-order valence-corrected chi connectivity index (χ1v) is 14.1. The van der Waals surface area contributed by atoms with Gasteiger partial charge in [0, 0.05) is 24.7 Å². The number of aromatic nitrogens is 1. The maximum absolute atomic E-state index is 15.7. The molecule has 0 spiro atoms. The molecule has 220 valence electrons. The molecular formula is C31H26F2N4O5S. The zero-order valence-corrected chi connectivity index (χ0v) is 23.7. The highest BCUT2D eigenvalue weighted by Crippen LogP contribution is 2.41. The summed E-state index contributed by atoms with van der Waals surface area (Å²) in [5, 5.41) is 22.0. The summed E-state index contributed by atoms with van der Waals surface area (Å²) in [6, 6.07) is 22.6. The molecule has 0 bridgehead atoms. The number of likely N-dealkylation sites (N-methyl/N-ethyl adjacent to an activating group) is 1. The molecule has 3 aromatic carbocycles. The summed E-state index contributed by atoms with van der Waals surface area (Å²) in [6.07, 6.45) is -0.214. The van der Waals surface area contributed by atoms with Gasteiger partial charge >= 0.3 is 5.97 Å². The number of carboxylic acids is 1. The second-order valence-corrected chi connectivity index (χ2v) is 10.5. The standard InChI is InChI=1S/C31H26F2N4O5S/c1-37-14-13-35-29(37)21-9-5-6-10-22(21)41-30-26(32)28(43-18-25(38)39)27(33)31(36-30)42-24-15-20(16-34)11-12-23(24)40-17-19-7-3-2-4-8-19/h2-12,15,29,35H,13-14,17-18H2,1H3,(H,38,39). The van der Waals surface area contributed by atoms with Crippen LogP contribution in [0, 0.1) is 23.0 Å². The first-order chi connectivity index (χ1) is 20.8. The number of nitrogens with zero attached hydrogens (tertiary/aromatic N) is 3. The predicted molar refractivity (Wildman–Crippen MR) is 154 cm³/mol. The number of carboxylic acid groups (broad SMARTS) is 1. The number of carbonyl (C=O) groups is 1. The quantitative estimate of drug-likeness (QED) is 0.194. The van der Waals surface area contributed by atoms with Crippen molar-refractivity contribution in [2.75, 3.05) is 25.9 Å². The van der Waals surface area contributed by atoms with Crippen LogP contribution in [-0.2, 0) is 11.4 Å². The lowest BCUT2D eigenvalue weighted by Crippen LogP contribution is -2.24. The fraction of sp³-hybridized carbons (Fsp3) is 0.194. The number of thioether (sulfide) groups is 1. The Morgan fingerprint density at radius 1 is 1.05 bits per heavy atom. The number of nitriles is 1. The predicted octanol–water partition coefficient (Wildman–Crippen LogP) is 6.11. The average Bonchev–Trinajstić information content (AvgIpc) is 3.44. The Balaban J connectivity index is 1.53. The van der Waals surface area contributed by atoms with Crippen LogP contribution in [0.4, 0.5) is 8.78 Å². The van der Waals surface area contributed by atoms with Gasteiger partial charge in [-0.05, 0) is 30.8 Å². The van der Waals surface area contributed by atoms with Crippen molar-refractivity contribution in [3.05, 3.63) is 101 Å². The van der Waals surface area contributed by atoms with E-state index in [1.54, 1.807) is 12.1 Å². The van der Waals surface area contributed by atoms with Crippen LogP contribution in [0.2, 0.25) is 0 Å². The van der Waals surface area contributed by atoms with Gasteiger partial charge in [0.15, 0.2) is 11.5 Å². The fourth-order valence-corrected chi connectivity index (χ4v) is 5.10. The molecule has 1 aliphatic heterocycles. The van der Waals surface area contributed by atoms with Gasteiger partial charge in [-0.2, -0.15) is 19.0 Å². The monoisotopic (exact) mass is 604 g/mol. The Bertz CT molecular complexity index is 1670. The molecule has 5 rings (SSSR count). The number of benzene rings is 3. The summed E-state index contributed by atoms with van der Waals surface area (Å²) in [6.45, 7) is 1.67. The van der Waals surface area contributed by atoms with E-state index >= 15 is 8.78 Å². The lowest BCUT2D eigenvalue weighted by atomic mass is 10.1. The molecule has 2 heterocycles. The molecule has 9 nitrogen and oxygen atoms in total. The third-order valence-corrected chi connectivity index (χ3v) is 7.54. The second-order valence-electron chi connectivity index (χ2n) is 9.49. The number of para-hydroxylation sites is 1. The Labute approximate surface area is 250 Å². The van der Waals surface area contributed by atoms with Gasteiger partial charge in [0.05, 0.1) is 28.4 Å². The van der Waals surface area contributed by atoms with E-state index in [0.717, 1.165) is 18.7 Å². The van der Waals surface area contributed by atoms with Gasteiger partial charge < -0.3 is 19.3 Å². The maximum Gasteiger partial charge on any atom is 0.313 e. The van der Waals surface area contributed by atoms with Crippen molar-refractivity contribution in [1.29, 1.82) is 5.26 Å². The molecule has 12 heteroatoms. The largest absolute Gasteiger partial charge is 0.485 e. The van der Waals surface area contributed by atoms with E-state index in [9.17, 15) is 15.2 Å². The normalized spacial score (nSPS) is 14.7. The number of halogens is 2. The molecule has 0 amide bonds. The van der Waals surface area contributed by atoms with E-state index in [1.165, 1.54) is 18.2 Å². The van der Waals surface area contributed by atoms with E-state index in [2.05, 4.69) is 15.2 Å². The van der Waals surface area contributed by atoms with Crippen molar-refractivity contribution in [3.63, 3.8) is 0 Å². The number of hydrogen-bond donors (Lipinski definition) is 2. The van der Waals surface area contributed by atoms with Gasteiger partial charge in [0.1, 0.15) is 12.4 Å². The van der Waals surface area contributed by atoms with Crippen molar-refractivity contribution in [2.45, 2.75) is 17.7 Å². The highest BCUT2D eigenvalue weighted by molar-refractivity contribution is 8.00. The van der Waals surface area contributed by atoms with Crippen LogP contribution in [-0.4, -0.2) is 46.8 Å². The lowest BCUT2D eigenvalue weighted by molar-refractivity contribution is -0.133. The van der Waals surface area contributed by atoms with Crippen LogP contribution in [0.3, 0.4) is 0 Å². The van der Waals surface area contributed by atoms with Crippen molar-refractivity contribution in [1.82, 2.24) is 15.2 Å². The van der Waals surface area contributed by atoms with Crippen LogP contribution in [0.25, 0.3) is 0 Å². The number of aliphatic carboxylic acids is 1. The zero-order chi connectivity index (χ0) is 30.3. The fourth-order valence-electron chi connectivity index (χ4n) is 4.41. The number of ether oxygens (including phenoxy) is 3. The van der Waals surface area contributed by atoms with Gasteiger partial charge in [0.25, 0.3) is 11.8 Å². The number of nitrogens with one attached hydrogen (secondary N) is 1. The minimum absolute atomic E-state index is 0.0506. The van der Waals surface area contributed by atoms with Crippen molar-refractivity contribution in [3.8, 4) is 35.1 Å². The molecule has 4 aromatic rings. The molecule has 1 atom stereocenters. The van der Waals surface area contributed by atoms with E-state index in [1.807, 2.05) is 55.6 Å². The van der Waals surface area contributed by atoms with E-state index in [4.69, 9.17) is 14.2 Å². The van der Waals surface area contributed by atoms with E-state index < -0.39 is 40.0 Å². The van der Waals surface area contributed by atoms with Crippen LogP contribution < -0.4 is 19.5 Å². The van der Waals surface area contributed by atoms with Crippen LogP contribution in [0.5, 0.6) is 29.0 Å². The summed E-state index contributed by atoms with van der Waals surface area (Å²) in [5.74, 6) is -5.20. The maximum atomic E-state index is 15.7. The highest BCUT2D eigenvalue weighted by Gasteiger charge is 2.28. The van der Waals surface area contributed by atoms with Crippen molar-refractivity contribution in [2.24, 2.45) is 0 Å². The van der Waals surface area contributed by atoms with E-state index in [-0.39, 0.29) is 35.6 Å². The highest BCUT2D eigenvalue weighted by atomic mass is 32.2. The Morgan fingerprint density at radius 3 is 2.42 bits per heavy atom. The SMILES string of the molecule is CN1CCNC1c1ccccc1Oc1nc(Oc2cc(C#N)ccc2OCc2ccccc2)c(F)c(SCC(=O)O)c1F. The lowest BCUT2D eigenvalue weighted by Gasteiger charge is -2.22. The molecule has 0 aliphatic carbocycles.